The summed E-state index contributed by atoms with van der Waals surface area (Å²) in [6, 6.07) is 4.31. The maximum absolute atomic E-state index is 3.96. The van der Waals surface area contributed by atoms with E-state index in [4.69, 9.17) is 0 Å². The Labute approximate surface area is 102 Å². The van der Waals surface area contributed by atoms with Gasteiger partial charge in [-0.15, -0.1) is 0 Å². The number of rotatable bonds is 1. The Morgan fingerprint density at radius 3 is 1.69 bits per heavy atom. The summed E-state index contributed by atoms with van der Waals surface area (Å²) in [5.41, 5.74) is 6.55. The molecule has 0 aromatic heterocycles. The maximum atomic E-state index is 3.96. The van der Waals surface area contributed by atoms with Gasteiger partial charge >= 0.3 is 0 Å². The summed E-state index contributed by atoms with van der Waals surface area (Å²) < 4.78 is 0. The normalized spacial score (nSPS) is 8.25. The number of hydrogen-bond donors (Lipinski definition) is 0. The first-order chi connectivity index (χ1) is 7.54. The number of allylic oxidation sites excluding steroid dienone is 1. The van der Waals surface area contributed by atoms with E-state index in [1.807, 2.05) is 27.7 Å². The molecule has 1 rings (SSSR count). The summed E-state index contributed by atoms with van der Waals surface area (Å²) in [5, 5.41) is 0. The van der Waals surface area contributed by atoms with Crippen LogP contribution in [0.2, 0.25) is 0 Å². The highest BCUT2D eigenvalue weighted by molar-refractivity contribution is 5.66. The van der Waals surface area contributed by atoms with Crippen LogP contribution in [0.3, 0.4) is 0 Å². The highest BCUT2D eigenvalue weighted by Crippen LogP contribution is 2.21. The van der Waals surface area contributed by atoms with Gasteiger partial charge in [0.1, 0.15) is 0 Å². The van der Waals surface area contributed by atoms with E-state index in [9.17, 15) is 0 Å². The fraction of sp³-hybridized carbons (Fsp3) is 0.500. The van der Waals surface area contributed by atoms with Crippen molar-refractivity contribution in [2.45, 2.75) is 55.4 Å². The minimum atomic E-state index is 1.15. The minimum Gasteiger partial charge on any atom is -0.0955 e. The largest absolute Gasteiger partial charge is 0.0955 e. The predicted molar refractivity (Wildman–Crippen MR) is 78.1 cm³/mol. The molecule has 0 aliphatic carbocycles. The molecule has 0 spiro atoms. The van der Waals surface area contributed by atoms with Crippen LogP contribution >= 0.6 is 0 Å². The third kappa shape index (κ3) is 4.65. The van der Waals surface area contributed by atoms with E-state index in [-0.39, 0.29) is 0 Å². The molecular weight excluding hydrogens is 192 g/mol. The minimum absolute atomic E-state index is 1.15. The molecule has 0 aliphatic heterocycles. The van der Waals surface area contributed by atoms with Gasteiger partial charge in [-0.1, -0.05) is 52.0 Å². The van der Waals surface area contributed by atoms with E-state index in [0.29, 0.717) is 0 Å². The van der Waals surface area contributed by atoms with Crippen molar-refractivity contribution >= 4 is 5.57 Å². The Balaban J connectivity index is 0. The lowest BCUT2D eigenvalue weighted by molar-refractivity contribution is 1.25. The first-order valence-corrected chi connectivity index (χ1v) is 6.26. The van der Waals surface area contributed by atoms with Crippen molar-refractivity contribution < 1.29 is 0 Å². The summed E-state index contributed by atoms with van der Waals surface area (Å²) >= 11 is 0. The molecular formula is C16H28. The Morgan fingerprint density at radius 1 is 0.875 bits per heavy atom. The lowest BCUT2D eigenvalue weighted by Crippen LogP contribution is -1.91. The first-order valence-electron chi connectivity index (χ1n) is 6.26. The highest BCUT2D eigenvalue weighted by atomic mass is 14.1. The molecule has 0 atom stereocenters. The van der Waals surface area contributed by atoms with Gasteiger partial charge in [0, 0.05) is 0 Å². The molecule has 92 valence electrons. The van der Waals surface area contributed by atoms with Crippen LogP contribution in [0.4, 0.5) is 0 Å². The second kappa shape index (κ2) is 9.21. The molecule has 0 heteroatoms. The van der Waals surface area contributed by atoms with Crippen LogP contribution in [0.1, 0.15) is 56.9 Å². The van der Waals surface area contributed by atoms with E-state index in [2.05, 4.69) is 46.4 Å². The molecule has 0 N–H and O–H groups in total. The SMILES string of the molecule is C=C(C)c1ccc(C)c(C)c1C.CC.CC. The molecule has 0 heterocycles. The van der Waals surface area contributed by atoms with Crippen molar-refractivity contribution in [1.82, 2.24) is 0 Å². The molecule has 0 saturated heterocycles. The zero-order valence-electron chi connectivity index (χ0n) is 12.4. The van der Waals surface area contributed by atoms with Crippen molar-refractivity contribution in [2.75, 3.05) is 0 Å². The lowest BCUT2D eigenvalue weighted by atomic mass is 9.95. The Morgan fingerprint density at radius 2 is 1.31 bits per heavy atom. The summed E-state index contributed by atoms with van der Waals surface area (Å²) in [5.74, 6) is 0. The second-order valence-corrected chi connectivity index (χ2v) is 3.46. The summed E-state index contributed by atoms with van der Waals surface area (Å²) in [4.78, 5) is 0. The smallest absolute Gasteiger partial charge is 0.0201 e. The zero-order chi connectivity index (χ0) is 13.3. The quantitative estimate of drug-likeness (QED) is 0.569. The predicted octanol–water partition coefficient (Wildman–Crippen LogP) is 5.70. The van der Waals surface area contributed by atoms with E-state index in [1.54, 1.807) is 0 Å². The first kappa shape index (κ1) is 17.4. The van der Waals surface area contributed by atoms with Crippen molar-refractivity contribution in [3.63, 3.8) is 0 Å². The van der Waals surface area contributed by atoms with Gasteiger partial charge < -0.3 is 0 Å². The lowest BCUT2D eigenvalue weighted by Gasteiger charge is -2.10. The molecule has 0 amide bonds. The van der Waals surface area contributed by atoms with Gasteiger partial charge in [-0.25, -0.2) is 0 Å². The van der Waals surface area contributed by atoms with E-state index in [0.717, 1.165) is 5.57 Å². The third-order valence-electron chi connectivity index (χ3n) is 2.52. The van der Waals surface area contributed by atoms with E-state index < -0.39 is 0 Å². The van der Waals surface area contributed by atoms with Crippen LogP contribution in [0.15, 0.2) is 18.7 Å². The molecule has 0 radical (unpaired) electrons. The summed E-state index contributed by atoms with van der Waals surface area (Å²) in [7, 11) is 0. The Hall–Kier alpha value is -1.04. The number of aryl methyl sites for hydroxylation is 1. The monoisotopic (exact) mass is 220 g/mol. The molecule has 16 heavy (non-hydrogen) atoms. The Kier molecular flexibility index (Phi) is 9.99. The van der Waals surface area contributed by atoms with Gasteiger partial charge in [0.05, 0.1) is 0 Å². The topological polar surface area (TPSA) is 0 Å². The second-order valence-electron chi connectivity index (χ2n) is 3.46. The molecule has 0 saturated carbocycles. The van der Waals surface area contributed by atoms with Crippen molar-refractivity contribution in [2.24, 2.45) is 0 Å². The number of benzene rings is 1. The summed E-state index contributed by atoms with van der Waals surface area (Å²) in [6.45, 7) is 20.5. The average Bonchev–Trinajstić information content (AvgIpc) is 2.31. The molecule has 1 aromatic carbocycles. The fourth-order valence-electron chi connectivity index (χ4n) is 1.42. The third-order valence-corrected chi connectivity index (χ3v) is 2.52. The van der Waals surface area contributed by atoms with Gasteiger partial charge in [-0.3, -0.25) is 0 Å². The van der Waals surface area contributed by atoms with Crippen LogP contribution in [-0.2, 0) is 0 Å². The van der Waals surface area contributed by atoms with Gasteiger partial charge in [0.2, 0.25) is 0 Å². The molecule has 0 unspecified atom stereocenters. The number of hydrogen-bond acceptors (Lipinski definition) is 0. The zero-order valence-corrected chi connectivity index (χ0v) is 12.4. The van der Waals surface area contributed by atoms with Gasteiger partial charge in [0.25, 0.3) is 0 Å². The molecule has 1 aromatic rings. The fourth-order valence-corrected chi connectivity index (χ4v) is 1.42. The van der Waals surface area contributed by atoms with Crippen LogP contribution in [0, 0.1) is 20.8 Å². The summed E-state index contributed by atoms with van der Waals surface area (Å²) in [6.07, 6.45) is 0. The maximum Gasteiger partial charge on any atom is -0.0201 e. The van der Waals surface area contributed by atoms with E-state index >= 15 is 0 Å². The Bertz CT molecular complexity index is 319. The van der Waals surface area contributed by atoms with Gasteiger partial charge in [-0.2, -0.15) is 0 Å². The van der Waals surface area contributed by atoms with Crippen LogP contribution in [-0.4, -0.2) is 0 Å². The molecule has 0 aliphatic rings. The molecule has 0 bridgehead atoms. The average molecular weight is 220 g/mol. The van der Waals surface area contributed by atoms with Crippen molar-refractivity contribution in [3.8, 4) is 0 Å². The standard InChI is InChI=1S/C12H16.2C2H6/c1-8(2)12-7-6-9(3)10(4)11(12)5;2*1-2/h6-7H,1H2,2-5H3;2*1-2H3. The highest BCUT2D eigenvalue weighted by Gasteiger charge is 2.02. The van der Waals surface area contributed by atoms with E-state index in [1.165, 1.54) is 22.3 Å². The van der Waals surface area contributed by atoms with Gasteiger partial charge in [-0.05, 0) is 49.9 Å². The van der Waals surface area contributed by atoms with Gasteiger partial charge in [0.15, 0.2) is 0 Å². The van der Waals surface area contributed by atoms with Crippen LogP contribution < -0.4 is 0 Å². The molecule has 0 nitrogen and oxygen atoms in total. The molecule has 0 fully saturated rings. The van der Waals surface area contributed by atoms with Crippen molar-refractivity contribution in [3.05, 3.63) is 41.0 Å². The van der Waals surface area contributed by atoms with Crippen molar-refractivity contribution in [1.29, 1.82) is 0 Å². The van der Waals surface area contributed by atoms with Crippen LogP contribution in [0.5, 0.6) is 0 Å². The van der Waals surface area contributed by atoms with Crippen LogP contribution in [0.25, 0.3) is 5.57 Å².